The second kappa shape index (κ2) is 8.41. The Morgan fingerprint density at radius 3 is 2.84 bits per heavy atom. The third-order valence-corrected chi connectivity index (χ3v) is 6.52. The number of rotatable bonds is 6. The molecule has 0 saturated heterocycles. The maximum atomic E-state index is 13.4. The van der Waals surface area contributed by atoms with Crippen molar-refractivity contribution in [1.82, 2.24) is 14.5 Å². The summed E-state index contributed by atoms with van der Waals surface area (Å²) in [6, 6.07) is 18.7. The van der Waals surface area contributed by atoms with Gasteiger partial charge in [0.2, 0.25) is 5.89 Å². The summed E-state index contributed by atoms with van der Waals surface area (Å²) in [5.74, 6) is 1.79. The second-order valence-corrected chi connectivity index (χ2v) is 8.55. The van der Waals surface area contributed by atoms with Gasteiger partial charge in [-0.05, 0) is 35.7 Å². The van der Waals surface area contributed by atoms with Crippen LogP contribution in [0.5, 0.6) is 5.75 Å². The van der Waals surface area contributed by atoms with Crippen LogP contribution in [0.2, 0.25) is 0 Å². The number of nitrogens with zero attached hydrogens (tertiary/aromatic N) is 3. The van der Waals surface area contributed by atoms with E-state index in [0.717, 1.165) is 10.6 Å². The molecule has 3 aromatic heterocycles. The number of thioether (sulfide) groups is 1. The fourth-order valence-electron chi connectivity index (χ4n) is 3.21. The average molecular weight is 448 g/mol. The van der Waals surface area contributed by atoms with E-state index in [1.54, 1.807) is 35.3 Å². The molecule has 0 aliphatic heterocycles. The summed E-state index contributed by atoms with van der Waals surface area (Å²) in [5.41, 5.74) is 2.02. The van der Waals surface area contributed by atoms with E-state index in [-0.39, 0.29) is 5.56 Å². The first-order valence-electron chi connectivity index (χ1n) is 9.50. The third-order valence-electron chi connectivity index (χ3n) is 4.69. The van der Waals surface area contributed by atoms with Crippen molar-refractivity contribution in [3.63, 3.8) is 0 Å². The minimum atomic E-state index is -0.124. The van der Waals surface area contributed by atoms with Crippen LogP contribution < -0.4 is 10.3 Å². The van der Waals surface area contributed by atoms with E-state index in [1.807, 2.05) is 60.0 Å². The van der Waals surface area contributed by atoms with E-state index in [4.69, 9.17) is 14.1 Å². The second-order valence-electron chi connectivity index (χ2n) is 6.66. The Hall–Kier alpha value is -3.36. The minimum absolute atomic E-state index is 0.124. The van der Waals surface area contributed by atoms with Gasteiger partial charge in [0.25, 0.3) is 5.56 Å². The zero-order valence-corrected chi connectivity index (χ0v) is 18.2. The topological polar surface area (TPSA) is 70.2 Å². The fraction of sp³-hybridized carbons (Fsp3) is 0.0870. The fourth-order valence-corrected chi connectivity index (χ4v) is 4.76. The molecule has 5 aromatic rings. The number of hydrogen-bond donors (Lipinski definition) is 0. The molecule has 0 N–H and O–H groups in total. The maximum Gasteiger partial charge on any atom is 0.266 e. The monoisotopic (exact) mass is 447 g/mol. The van der Waals surface area contributed by atoms with Crippen molar-refractivity contribution in [1.29, 1.82) is 0 Å². The molecule has 2 aromatic carbocycles. The van der Waals surface area contributed by atoms with E-state index >= 15 is 0 Å². The summed E-state index contributed by atoms with van der Waals surface area (Å²) in [7, 11) is 1.60. The molecule has 0 atom stereocenters. The van der Waals surface area contributed by atoms with Gasteiger partial charge in [-0.2, -0.15) is 0 Å². The van der Waals surface area contributed by atoms with E-state index in [1.165, 1.54) is 11.8 Å². The minimum Gasteiger partial charge on any atom is -0.497 e. The van der Waals surface area contributed by atoms with E-state index < -0.39 is 0 Å². The highest BCUT2D eigenvalue weighted by molar-refractivity contribution is 7.98. The van der Waals surface area contributed by atoms with Crippen LogP contribution in [0.3, 0.4) is 0 Å². The molecule has 0 fully saturated rings. The molecule has 0 radical (unpaired) electrons. The average Bonchev–Trinajstić information content (AvgIpc) is 3.50. The first-order chi connectivity index (χ1) is 15.2. The number of ether oxygens (including phenoxy) is 1. The first kappa shape index (κ1) is 19.6. The van der Waals surface area contributed by atoms with Gasteiger partial charge in [-0.15, -0.1) is 11.3 Å². The number of para-hydroxylation sites is 1. The van der Waals surface area contributed by atoms with Crippen LogP contribution in [0.25, 0.3) is 27.4 Å². The highest BCUT2D eigenvalue weighted by Crippen LogP contribution is 2.28. The molecule has 0 bridgehead atoms. The van der Waals surface area contributed by atoms with Crippen LogP contribution in [0.4, 0.5) is 0 Å². The van der Waals surface area contributed by atoms with Crippen molar-refractivity contribution in [2.45, 2.75) is 10.9 Å². The molecular formula is C23H17N3O3S2. The van der Waals surface area contributed by atoms with Crippen LogP contribution in [0.1, 0.15) is 5.69 Å². The Morgan fingerprint density at radius 1 is 1.10 bits per heavy atom. The molecular weight excluding hydrogens is 430 g/mol. The lowest BCUT2D eigenvalue weighted by Crippen LogP contribution is -2.21. The molecule has 31 heavy (non-hydrogen) atoms. The summed E-state index contributed by atoms with van der Waals surface area (Å²) in [6.07, 6.45) is 1.65. The number of methoxy groups -OCH3 is 1. The van der Waals surface area contributed by atoms with Gasteiger partial charge in [-0.3, -0.25) is 9.36 Å². The molecule has 0 aliphatic rings. The molecule has 154 valence electrons. The summed E-state index contributed by atoms with van der Waals surface area (Å²) in [6.45, 7) is 0. The van der Waals surface area contributed by atoms with Gasteiger partial charge in [0.05, 0.1) is 34.3 Å². The molecule has 0 amide bonds. The smallest absolute Gasteiger partial charge is 0.266 e. The Kier molecular flexibility index (Phi) is 5.31. The van der Waals surface area contributed by atoms with Crippen LogP contribution in [-0.2, 0) is 5.75 Å². The Bertz CT molecular complexity index is 1410. The first-order valence-corrected chi connectivity index (χ1v) is 11.4. The molecule has 3 heterocycles. The predicted octanol–water partition coefficient (Wildman–Crippen LogP) is 5.40. The van der Waals surface area contributed by atoms with Gasteiger partial charge in [0.15, 0.2) is 5.16 Å². The number of thiophene rings is 1. The number of oxazole rings is 1. The predicted molar refractivity (Wildman–Crippen MR) is 123 cm³/mol. The Morgan fingerprint density at radius 2 is 2.00 bits per heavy atom. The summed E-state index contributed by atoms with van der Waals surface area (Å²) >= 11 is 3.02. The lowest BCUT2D eigenvalue weighted by molar-refractivity contribution is 0.414. The van der Waals surface area contributed by atoms with Crippen LogP contribution >= 0.6 is 23.1 Å². The van der Waals surface area contributed by atoms with Gasteiger partial charge in [-0.25, -0.2) is 9.97 Å². The standard InChI is InChI=1S/C23H17N3O3S2/c1-28-17-7-4-6-16(12-17)26-22(27)18-8-2-3-9-19(18)25-23(26)31-14-15-13-29-21(24-15)20-10-5-11-30-20/h2-13H,14H2,1H3. The highest BCUT2D eigenvalue weighted by Gasteiger charge is 2.15. The van der Waals surface area contributed by atoms with E-state index in [2.05, 4.69) is 4.98 Å². The largest absolute Gasteiger partial charge is 0.497 e. The quantitative estimate of drug-likeness (QED) is 0.256. The molecule has 0 aliphatic carbocycles. The third kappa shape index (κ3) is 3.87. The lowest BCUT2D eigenvalue weighted by atomic mass is 10.2. The van der Waals surface area contributed by atoms with Gasteiger partial charge in [0, 0.05) is 11.8 Å². The van der Waals surface area contributed by atoms with Crippen LogP contribution in [0.15, 0.2) is 86.7 Å². The van der Waals surface area contributed by atoms with E-state index in [9.17, 15) is 4.79 Å². The normalized spacial score (nSPS) is 11.1. The lowest BCUT2D eigenvalue weighted by Gasteiger charge is -2.13. The van der Waals surface area contributed by atoms with Gasteiger partial charge in [-0.1, -0.05) is 36.0 Å². The van der Waals surface area contributed by atoms with E-state index in [0.29, 0.717) is 39.1 Å². The number of benzene rings is 2. The van der Waals surface area contributed by atoms with Crippen LogP contribution in [0, 0.1) is 0 Å². The number of aromatic nitrogens is 3. The van der Waals surface area contributed by atoms with Crippen molar-refractivity contribution in [3.8, 4) is 22.2 Å². The molecule has 0 saturated carbocycles. The molecule has 8 heteroatoms. The summed E-state index contributed by atoms with van der Waals surface area (Å²) in [5, 5.41) is 3.13. The van der Waals surface area contributed by atoms with Gasteiger partial charge in [0.1, 0.15) is 12.0 Å². The number of hydrogen-bond acceptors (Lipinski definition) is 7. The SMILES string of the molecule is COc1cccc(-n2c(SCc3coc(-c4cccs4)n3)nc3ccccc3c2=O)c1. The molecule has 0 unspecified atom stereocenters. The molecule has 0 spiro atoms. The summed E-state index contributed by atoms with van der Waals surface area (Å²) < 4.78 is 12.6. The van der Waals surface area contributed by atoms with Crippen molar-refractivity contribution < 1.29 is 9.15 Å². The maximum absolute atomic E-state index is 13.4. The van der Waals surface area contributed by atoms with Crippen LogP contribution in [-0.4, -0.2) is 21.6 Å². The highest BCUT2D eigenvalue weighted by atomic mass is 32.2. The summed E-state index contributed by atoms with van der Waals surface area (Å²) in [4.78, 5) is 23.7. The number of fused-ring (bicyclic) bond motifs is 1. The Labute approximate surface area is 186 Å². The van der Waals surface area contributed by atoms with Crippen molar-refractivity contribution in [2.24, 2.45) is 0 Å². The van der Waals surface area contributed by atoms with Gasteiger partial charge >= 0.3 is 0 Å². The molecule has 5 rings (SSSR count). The zero-order valence-electron chi connectivity index (χ0n) is 16.5. The molecule has 6 nitrogen and oxygen atoms in total. The van der Waals surface area contributed by atoms with Gasteiger partial charge < -0.3 is 9.15 Å². The van der Waals surface area contributed by atoms with Crippen molar-refractivity contribution >= 4 is 34.0 Å². The van der Waals surface area contributed by atoms with Crippen molar-refractivity contribution in [3.05, 3.63) is 88.4 Å². The zero-order chi connectivity index (χ0) is 21.2. The van der Waals surface area contributed by atoms with Crippen molar-refractivity contribution in [2.75, 3.05) is 7.11 Å². The Balaban J connectivity index is 1.55.